The summed E-state index contributed by atoms with van der Waals surface area (Å²) in [5.41, 5.74) is 7.93. The quantitative estimate of drug-likeness (QED) is 0.433. The monoisotopic (exact) mass is 488 g/mol. The minimum Gasteiger partial charge on any atom is -0.381 e. The number of alkyl halides is 3. The van der Waals surface area contributed by atoms with Crippen LogP contribution in [0.3, 0.4) is 0 Å². The Hall–Kier alpha value is -2.88. The van der Waals surface area contributed by atoms with Gasteiger partial charge in [-0.15, -0.1) is 0 Å². The van der Waals surface area contributed by atoms with E-state index < -0.39 is 11.7 Å². The molecule has 188 valence electrons. The topological polar surface area (TPSA) is 92.9 Å². The summed E-state index contributed by atoms with van der Waals surface area (Å²) < 4.78 is 47.4. The smallest absolute Gasteiger partial charge is 0.381 e. The van der Waals surface area contributed by atoms with Crippen LogP contribution in [0.25, 0.3) is 22.4 Å². The lowest BCUT2D eigenvalue weighted by atomic mass is 9.86. The van der Waals surface area contributed by atoms with Crippen LogP contribution in [0.1, 0.15) is 62.6 Å². The molecule has 0 bridgehead atoms. The molecule has 3 N–H and O–H groups in total. The van der Waals surface area contributed by atoms with Gasteiger partial charge in [-0.25, -0.2) is 4.98 Å². The van der Waals surface area contributed by atoms with E-state index in [1.54, 1.807) is 6.07 Å². The summed E-state index contributed by atoms with van der Waals surface area (Å²) in [5, 5.41) is 0. The van der Waals surface area contributed by atoms with Gasteiger partial charge in [0, 0.05) is 43.3 Å². The highest BCUT2D eigenvalue weighted by Crippen LogP contribution is 2.46. The van der Waals surface area contributed by atoms with Crippen LogP contribution in [0.4, 0.5) is 24.8 Å². The molecule has 0 saturated heterocycles. The van der Waals surface area contributed by atoms with E-state index in [2.05, 4.69) is 24.8 Å². The van der Waals surface area contributed by atoms with E-state index >= 15 is 0 Å². The van der Waals surface area contributed by atoms with Crippen molar-refractivity contribution < 1.29 is 17.9 Å². The summed E-state index contributed by atoms with van der Waals surface area (Å²) in [6.07, 6.45) is 2.97. The fourth-order valence-electron chi connectivity index (χ4n) is 5.34. The number of anilines is 2. The molecule has 0 spiro atoms. The van der Waals surface area contributed by atoms with Gasteiger partial charge in [-0.05, 0) is 44.7 Å². The second kappa shape index (κ2) is 8.96. The lowest BCUT2D eigenvalue weighted by Crippen LogP contribution is -2.37. The molecule has 0 aromatic carbocycles. The minimum atomic E-state index is -4.48. The van der Waals surface area contributed by atoms with E-state index in [1.807, 2.05) is 14.0 Å². The maximum Gasteiger partial charge on any atom is 0.418 e. The largest absolute Gasteiger partial charge is 0.418 e. The molecule has 2 fully saturated rings. The Labute approximate surface area is 202 Å². The highest BCUT2D eigenvalue weighted by molar-refractivity contribution is 5.90. The Morgan fingerprint density at radius 3 is 2.60 bits per heavy atom. The SMILES string of the molecule is CCOCC1(CN(C)c2cc(-c3cnc(C4CC4)c(C(F)(F)F)c3)nc3nc(N)[nH]c23)CCCC1. The summed E-state index contributed by atoms with van der Waals surface area (Å²) in [6, 6.07) is 2.97. The molecule has 0 amide bonds. The molecule has 0 unspecified atom stereocenters. The van der Waals surface area contributed by atoms with Gasteiger partial charge in [0.15, 0.2) is 11.6 Å². The third kappa shape index (κ3) is 4.80. The van der Waals surface area contributed by atoms with Gasteiger partial charge in [0.1, 0.15) is 5.52 Å². The summed E-state index contributed by atoms with van der Waals surface area (Å²) in [6.45, 7) is 4.09. The fraction of sp³-hybridized carbons (Fsp3) is 0.560. The van der Waals surface area contributed by atoms with E-state index in [9.17, 15) is 13.2 Å². The van der Waals surface area contributed by atoms with E-state index in [-0.39, 0.29) is 23.0 Å². The highest BCUT2D eigenvalue weighted by Gasteiger charge is 2.40. The number of fused-ring (bicyclic) bond motifs is 1. The van der Waals surface area contributed by atoms with Crippen LogP contribution in [0, 0.1) is 5.41 Å². The molecule has 3 heterocycles. The lowest BCUT2D eigenvalue weighted by molar-refractivity contribution is -0.138. The fourth-order valence-corrected chi connectivity index (χ4v) is 5.34. The van der Waals surface area contributed by atoms with Gasteiger partial charge in [-0.2, -0.15) is 18.2 Å². The predicted molar refractivity (Wildman–Crippen MR) is 129 cm³/mol. The van der Waals surface area contributed by atoms with Crippen LogP contribution in [0.15, 0.2) is 18.3 Å². The lowest BCUT2D eigenvalue weighted by Gasteiger charge is -2.34. The minimum absolute atomic E-state index is 0.0308. The van der Waals surface area contributed by atoms with Crippen molar-refractivity contribution >= 4 is 22.8 Å². The number of aromatic amines is 1. The molecule has 7 nitrogen and oxygen atoms in total. The maximum absolute atomic E-state index is 13.9. The molecular weight excluding hydrogens is 457 g/mol. The first kappa shape index (κ1) is 23.8. The number of imidazole rings is 1. The molecule has 3 aromatic rings. The highest BCUT2D eigenvalue weighted by atomic mass is 19.4. The van der Waals surface area contributed by atoms with Crippen molar-refractivity contribution in [2.45, 2.75) is 57.5 Å². The van der Waals surface area contributed by atoms with Crippen LogP contribution in [-0.2, 0) is 10.9 Å². The molecule has 10 heteroatoms. The van der Waals surface area contributed by atoms with E-state index in [0.29, 0.717) is 35.6 Å². The number of nitrogens with two attached hydrogens (primary N) is 1. The van der Waals surface area contributed by atoms with Crippen molar-refractivity contribution in [3.63, 3.8) is 0 Å². The molecule has 2 aliphatic rings. The predicted octanol–water partition coefficient (Wildman–Crippen LogP) is 5.53. The number of hydrogen-bond donors (Lipinski definition) is 2. The first-order chi connectivity index (χ1) is 16.7. The Kier molecular flexibility index (Phi) is 6.11. The Morgan fingerprint density at radius 1 is 1.20 bits per heavy atom. The summed E-state index contributed by atoms with van der Waals surface area (Å²) in [7, 11) is 1.98. The van der Waals surface area contributed by atoms with Gasteiger partial charge in [-0.3, -0.25) is 4.98 Å². The van der Waals surface area contributed by atoms with Crippen LogP contribution < -0.4 is 10.6 Å². The number of hydrogen-bond acceptors (Lipinski definition) is 6. The molecule has 2 saturated carbocycles. The van der Waals surface area contributed by atoms with Gasteiger partial charge in [0.05, 0.1) is 29.2 Å². The summed E-state index contributed by atoms with van der Waals surface area (Å²) in [5.74, 6) is 0.0965. The molecule has 0 radical (unpaired) electrons. The number of nitrogen functional groups attached to an aromatic ring is 1. The number of ether oxygens (including phenoxy) is 1. The van der Waals surface area contributed by atoms with Gasteiger partial charge in [0.25, 0.3) is 0 Å². The van der Waals surface area contributed by atoms with Crippen molar-refractivity contribution in [3.05, 3.63) is 29.6 Å². The van der Waals surface area contributed by atoms with Crippen molar-refractivity contribution in [1.82, 2.24) is 19.9 Å². The van der Waals surface area contributed by atoms with E-state index in [1.165, 1.54) is 12.3 Å². The summed E-state index contributed by atoms with van der Waals surface area (Å²) >= 11 is 0. The number of halogens is 3. The van der Waals surface area contributed by atoms with Crippen LogP contribution >= 0.6 is 0 Å². The molecule has 0 aliphatic heterocycles. The van der Waals surface area contributed by atoms with Gasteiger partial charge >= 0.3 is 6.18 Å². The van der Waals surface area contributed by atoms with Crippen molar-refractivity contribution in [2.75, 3.05) is 37.4 Å². The molecule has 0 atom stereocenters. The summed E-state index contributed by atoms with van der Waals surface area (Å²) in [4.78, 5) is 18.2. The first-order valence-electron chi connectivity index (χ1n) is 12.2. The van der Waals surface area contributed by atoms with E-state index in [4.69, 9.17) is 10.5 Å². The third-order valence-corrected chi connectivity index (χ3v) is 7.20. The molecule has 2 aliphatic carbocycles. The number of aromatic nitrogens is 4. The maximum atomic E-state index is 13.9. The number of rotatable bonds is 8. The average Bonchev–Trinajstić information content (AvgIpc) is 3.45. The zero-order chi connectivity index (χ0) is 24.8. The number of nitrogens with one attached hydrogen (secondary N) is 1. The standard InChI is InChI=1S/C25H31F3N6O/c1-3-35-14-24(8-4-5-9-24)13-34(2)19-11-18(31-22-21(19)32-23(29)33-22)16-10-17(25(26,27)28)20(30-12-16)15-6-7-15/h10-12,15H,3-9,13-14H2,1-2H3,(H3,29,31,32,33). The molecule has 35 heavy (non-hydrogen) atoms. The second-order valence-electron chi connectivity index (χ2n) is 9.98. The average molecular weight is 489 g/mol. The van der Waals surface area contributed by atoms with Gasteiger partial charge < -0.3 is 20.4 Å². The molecule has 5 rings (SSSR count). The van der Waals surface area contributed by atoms with Crippen LogP contribution in [0.2, 0.25) is 0 Å². The number of pyridine rings is 2. The van der Waals surface area contributed by atoms with Crippen LogP contribution in [0.5, 0.6) is 0 Å². The normalized spacial score (nSPS) is 17.9. The zero-order valence-electron chi connectivity index (χ0n) is 20.1. The van der Waals surface area contributed by atoms with E-state index in [0.717, 1.165) is 50.8 Å². The van der Waals surface area contributed by atoms with Crippen molar-refractivity contribution in [2.24, 2.45) is 5.41 Å². The third-order valence-electron chi connectivity index (χ3n) is 7.20. The van der Waals surface area contributed by atoms with Crippen molar-refractivity contribution in [3.8, 4) is 11.3 Å². The Bertz CT molecular complexity index is 1210. The Balaban J connectivity index is 1.55. The first-order valence-corrected chi connectivity index (χ1v) is 12.2. The van der Waals surface area contributed by atoms with Crippen LogP contribution in [-0.4, -0.2) is 46.7 Å². The zero-order valence-corrected chi connectivity index (χ0v) is 20.1. The molecule has 3 aromatic heterocycles. The van der Waals surface area contributed by atoms with Crippen molar-refractivity contribution in [1.29, 1.82) is 0 Å². The molecular formula is C25H31F3N6O. The van der Waals surface area contributed by atoms with Gasteiger partial charge in [-0.1, -0.05) is 12.8 Å². The number of nitrogens with zero attached hydrogens (tertiary/aromatic N) is 4. The number of H-pyrrole nitrogens is 1. The second-order valence-corrected chi connectivity index (χ2v) is 9.98. The Morgan fingerprint density at radius 2 is 1.94 bits per heavy atom. The van der Waals surface area contributed by atoms with Gasteiger partial charge in [0.2, 0.25) is 0 Å².